The van der Waals surface area contributed by atoms with E-state index in [1.165, 1.54) is 31.8 Å². The average molecular weight is 284 g/mol. The third kappa shape index (κ3) is 2.21. The monoisotopic (exact) mass is 284 g/mol. The van der Waals surface area contributed by atoms with Gasteiger partial charge in [0.15, 0.2) is 0 Å². The topological polar surface area (TPSA) is 17.1 Å². The highest BCUT2D eigenvalue weighted by molar-refractivity contribution is 7.61. The quantitative estimate of drug-likeness (QED) is 0.613. The zero-order chi connectivity index (χ0) is 14.8. The van der Waals surface area contributed by atoms with Gasteiger partial charge in [0.05, 0.1) is 0 Å². The SMILES string of the molecule is CCP1C(CC)(CC)C(C)C(=O)C(C)C1(CC)CC. The molecule has 1 heterocycles. The third-order valence-electron chi connectivity index (χ3n) is 6.31. The fourth-order valence-corrected chi connectivity index (χ4v) is 9.80. The smallest absolute Gasteiger partial charge is 0.140 e. The second kappa shape index (κ2) is 6.25. The van der Waals surface area contributed by atoms with Crippen LogP contribution in [0.3, 0.4) is 0 Å². The van der Waals surface area contributed by atoms with Crippen molar-refractivity contribution in [2.45, 2.75) is 84.5 Å². The molecule has 0 aromatic rings. The van der Waals surface area contributed by atoms with Crippen LogP contribution in [-0.4, -0.2) is 22.3 Å². The molecule has 1 rings (SSSR count). The van der Waals surface area contributed by atoms with Crippen LogP contribution in [-0.2, 0) is 4.79 Å². The molecule has 112 valence electrons. The number of Topliss-reactive ketones (excluding diaryl/α,β-unsaturated/α-hetero) is 1. The molecule has 2 atom stereocenters. The molecule has 0 aromatic heterocycles. The van der Waals surface area contributed by atoms with E-state index in [0.717, 1.165) is 0 Å². The van der Waals surface area contributed by atoms with E-state index < -0.39 is 0 Å². The van der Waals surface area contributed by atoms with Crippen molar-refractivity contribution in [3.63, 3.8) is 0 Å². The van der Waals surface area contributed by atoms with Crippen LogP contribution in [0.5, 0.6) is 0 Å². The molecule has 0 amide bonds. The zero-order valence-corrected chi connectivity index (χ0v) is 14.9. The van der Waals surface area contributed by atoms with Crippen molar-refractivity contribution in [1.82, 2.24) is 0 Å². The molecule has 0 N–H and O–H groups in total. The number of carbonyl (C=O) groups excluding carboxylic acids is 1. The molecule has 1 saturated heterocycles. The molecular weight excluding hydrogens is 251 g/mol. The standard InChI is InChI=1S/C17H33OP/c1-8-16(9-2)13(6)15(18)14(7)17(10-3,11-4)19(16)12-5/h13-14H,8-12H2,1-7H3. The van der Waals surface area contributed by atoms with Crippen LogP contribution in [0.4, 0.5) is 0 Å². The van der Waals surface area contributed by atoms with Crippen molar-refractivity contribution < 1.29 is 4.79 Å². The number of carbonyl (C=O) groups is 1. The van der Waals surface area contributed by atoms with Crippen molar-refractivity contribution >= 4 is 13.7 Å². The highest BCUT2D eigenvalue weighted by atomic mass is 31.1. The molecule has 0 aliphatic carbocycles. The summed E-state index contributed by atoms with van der Waals surface area (Å²) >= 11 is 0. The first-order chi connectivity index (χ1) is 8.91. The number of ketones is 1. The van der Waals surface area contributed by atoms with Gasteiger partial charge in [0.2, 0.25) is 0 Å². The molecule has 0 bridgehead atoms. The zero-order valence-electron chi connectivity index (χ0n) is 14.0. The van der Waals surface area contributed by atoms with Gasteiger partial charge in [0.1, 0.15) is 5.78 Å². The highest BCUT2D eigenvalue weighted by Gasteiger charge is 2.58. The van der Waals surface area contributed by atoms with Crippen LogP contribution in [0.15, 0.2) is 0 Å². The van der Waals surface area contributed by atoms with Gasteiger partial charge in [-0.3, -0.25) is 4.79 Å². The molecule has 2 heteroatoms. The molecule has 1 aliphatic heterocycles. The van der Waals surface area contributed by atoms with E-state index in [2.05, 4.69) is 48.5 Å². The van der Waals surface area contributed by atoms with Crippen molar-refractivity contribution in [1.29, 1.82) is 0 Å². The predicted molar refractivity (Wildman–Crippen MR) is 87.4 cm³/mol. The van der Waals surface area contributed by atoms with Gasteiger partial charge in [-0.15, -0.1) is 0 Å². The Kier molecular flexibility index (Phi) is 5.64. The van der Waals surface area contributed by atoms with Crippen molar-refractivity contribution in [2.24, 2.45) is 11.8 Å². The summed E-state index contributed by atoms with van der Waals surface area (Å²) in [5, 5.41) is 0.583. The third-order valence-corrected chi connectivity index (χ3v) is 11.1. The lowest BCUT2D eigenvalue weighted by atomic mass is 9.74. The van der Waals surface area contributed by atoms with Gasteiger partial charge < -0.3 is 0 Å². The molecule has 0 aromatic carbocycles. The summed E-state index contributed by atoms with van der Waals surface area (Å²) in [6.45, 7) is 16.0. The Morgan fingerprint density at radius 3 is 1.37 bits per heavy atom. The van der Waals surface area contributed by atoms with E-state index in [9.17, 15) is 4.79 Å². The maximum absolute atomic E-state index is 12.9. The molecule has 0 spiro atoms. The van der Waals surface area contributed by atoms with Crippen molar-refractivity contribution in [3.05, 3.63) is 0 Å². The Labute approximate surface area is 121 Å². The van der Waals surface area contributed by atoms with E-state index >= 15 is 0 Å². The summed E-state index contributed by atoms with van der Waals surface area (Å²) in [4.78, 5) is 12.9. The average Bonchev–Trinajstić information content (AvgIpc) is 2.45. The molecule has 19 heavy (non-hydrogen) atoms. The van der Waals surface area contributed by atoms with Gasteiger partial charge in [-0.25, -0.2) is 0 Å². The van der Waals surface area contributed by atoms with Gasteiger partial charge in [-0.05, 0) is 31.8 Å². The molecule has 2 unspecified atom stereocenters. The fraction of sp³-hybridized carbons (Fsp3) is 0.941. The Bertz CT molecular complexity index is 287. The molecular formula is C17H33OP. The fourth-order valence-electron chi connectivity index (χ4n) is 4.93. The minimum absolute atomic E-state index is 0.0915. The molecule has 1 fully saturated rings. The number of rotatable bonds is 5. The first-order valence-electron chi connectivity index (χ1n) is 8.23. The number of hydrogen-bond donors (Lipinski definition) is 0. The Morgan fingerprint density at radius 2 is 1.16 bits per heavy atom. The first kappa shape index (κ1) is 17.2. The van der Waals surface area contributed by atoms with Gasteiger partial charge >= 0.3 is 0 Å². The van der Waals surface area contributed by atoms with Crippen LogP contribution in [0, 0.1) is 11.8 Å². The maximum atomic E-state index is 12.9. The summed E-state index contributed by atoms with van der Waals surface area (Å²) in [6, 6.07) is 0. The van der Waals surface area contributed by atoms with E-state index in [1.54, 1.807) is 0 Å². The van der Waals surface area contributed by atoms with Crippen LogP contribution in [0.1, 0.15) is 74.1 Å². The lowest BCUT2D eigenvalue weighted by molar-refractivity contribution is -0.129. The molecule has 1 nitrogen and oxygen atoms in total. The summed E-state index contributed by atoms with van der Waals surface area (Å²) in [5.74, 6) is 1.06. The van der Waals surface area contributed by atoms with E-state index in [1.807, 2.05) is 0 Å². The lowest BCUT2D eigenvalue weighted by Crippen LogP contribution is -2.56. The summed E-state index contributed by atoms with van der Waals surface area (Å²) < 4.78 is 0. The minimum atomic E-state index is -0.0915. The second-order valence-corrected chi connectivity index (χ2v) is 9.48. The Hall–Kier alpha value is 0.100. The lowest BCUT2D eigenvalue weighted by Gasteiger charge is -2.60. The summed E-state index contributed by atoms with van der Waals surface area (Å²) in [6.07, 6.45) is 5.96. The summed E-state index contributed by atoms with van der Waals surface area (Å²) in [5.41, 5.74) is 0. The van der Waals surface area contributed by atoms with Gasteiger partial charge in [-0.1, -0.05) is 56.4 Å². The molecule has 1 aliphatic rings. The summed E-state index contributed by atoms with van der Waals surface area (Å²) in [7, 11) is -0.0915. The molecule has 0 radical (unpaired) electrons. The normalized spacial score (nSPS) is 33.4. The Morgan fingerprint density at radius 1 is 0.842 bits per heavy atom. The van der Waals surface area contributed by atoms with Crippen LogP contribution in [0.2, 0.25) is 0 Å². The van der Waals surface area contributed by atoms with Gasteiger partial charge in [-0.2, -0.15) is 0 Å². The maximum Gasteiger partial charge on any atom is 0.140 e. The minimum Gasteiger partial charge on any atom is -0.299 e. The second-order valence-electron chi connectivity index (χ2n) is 6.21. The van der Waals surface area contributed by atoms with Crippen LogP contribution >= 0.6 is 7.92 Å². The van der Waals surface area contributed by atoms with Crippen LogP contribution < -0.4 is 0 Å². The van der Waals surface area contributed by atoms with Gasteiger partial charge in [0.25, 0.3) is 0 Å². The predicted octanol–water partition coefficient (Wildman–Crippen LogP) is 5.46. The van der Waals surface area contributed by atoms with Crippen molar-refractivity contribution in [3.8, 4) is 0 Å². The van der Waals surface area contributed by atoms with Crippen LogP contribution in [0.25, 0.3) is 0 Å². The highest BCUT2D eigenvalue weighted by Crippen LogP contribution is 2.72. The Balaban J connectivity index is 3.44. The molecule has 0 saturated carbocycles. The van der Waals surface area contributed by atoms with E-state index in [-0.39, 0.29) is 19.8 Å². The van der Waals surface area contributed by atoms with E-state index in [0.29, 0.717) is 16.1 Å². The first-order valence-corrected chi connectivity index (χ1v) is 9.75. The van der Waals surface area contributed by atoms with E-state index in [4.69, 9.17) is 0 Å². The largest absolute Gasteiger partial charge is 0.299 e. The van der Waals surface area contributed by atoms with Gasteiger partial charge in [0, 0.05) is 22.1 Å². The number of hydrogen-bond acceptors (Lipinski definition) is 1. The van der Waals surface area contributed by atoms with Crippen molar-refractivity contribution in [2.75, 3.05) is 6.16 Å².